The molecule has 1 nitrogen and oxygen atoms in total. The average molecular weight is 247 g/mol. The summed E-state index contributed by atoms with van der Waals surface area (Å²) in [6.45, 7) is 2.08. The molecule has 1 saturated carbocycles. The van der Waals surface area contributed by atoms with Gasteiger partial charge in [-0.3, -0.25) is 0 Å². The third-order valence-electron chi connectivity index (χ3n) is 4.28. The van der Waals surface area contributed by atoms with Gasteiger partial charge >= 0.3 is 0 Å². The summed E-state index contributed by atoms with van der Waals surface area (Å²) in [5, 5.41) is 9.57. The molecule has 0 heterocycles. The quantitative estimate of drug-likeness (QED) is 0.774. The Bertz CT molecular complexity index is 598. The van der Waals surface area contributed by atoms with Crippen molar-refractivity contribution in [1.82, 2.24) is 0 Å². The monoisotopic (exact) mass is 247 g/mol. The Hall–Kier alpha value is -2.07. The van der Waals surface area contributed by atoms with E-state index in [-0.39, 0.29) is 5.41 Å². The summed E-state index contributed by atoms with van der Waals surface area (Å²) in [6.07, 6.45) is 1.88. The first-order chi connectivity index (χ1) is 9.23. The molecule has 0 saturated heterocycles. The summed E-state index contributed by atoms with van der Waals surface area (Å²) < 4.78 is 0. The van der Waals surface area contributed by atoms with Gasteiger partial charge in [0.25, 0.3) is 0 Å². The molecule has 0 unspecified atom stereocenters. The zero-order valence-electron chi connectivity index (χ0n) is 11.1. The number of benzene rings is 2. The van der Waals surface area contributed by atoms with Gasteiger partial charge in [-0.1, -0.05) is 60.2 Å². The minimum absolute atomic E-state index is 0.270. The molecule has 1 fully saturated rings. The number of nitriles is 1. The molecule has 0 bridgehead atoms. The maximum atomic E-state index is 9.57. The number of rotatable bonds is 2. The van der Waals surface area contributed by atoms with Crippen molar-refractivity contribution in [2.45, 2.75) is 31.1 Å². The molecule has 2 aromatic rings. The van der Waals surface area contributed by atoms with Crippen LogP contribution in [0.25, 0.3) is 0 Å². The maximum Gasteiger partial charge on any atom is 0.0834 e. The summed E-state index contributed by atoms with van der Waals surface area (Å²) in [6, 6.07) is 21.5. The van der Waals surface area contributed by atoms with Crippen molar-refractivity contribution in [2.24, 2.45) is 0 Å². The smallest absolute Gasteiger partial charge is 0.0834 e. The molecule has 1 aliphatic carbocycles. The first kappa shape index (κ1) is 12.0. The lowest BCUT2D eigenvalue weighted by atomic mass is 9.58. The topological polar surface area (TPSA) is 23.8 Å². The number of nitrogens with zero attached hydrogens (tertiary/aromatic N) is 1. The highest BCUT2D eigenvalue weighted by Crippen LogP contribution is 2.52. The van der Waals surface area contributed by atoms with Gasteiger partial charge in [0.05, 0.1) is 11.5 Å². The average Bonchev–Trinajstić information content (AvgIpc) is 2.41. The van der Waals surface area contributed by atoms with Gasteiger partial charge in [0, 0.05) is 0 Å². The van der Waals surface area contributed by atoms with E-state index in [9.17, 15) is 5.26 Å². The second-order valence-electron chi connectivity index (χ2n) is 5.58. The predicted molar refractivity (Wildman–Crippen MR) is 76.9 cm³/mol. The fraction of sp³-hybridized carbons (Fsp3) is 0.278. The molecular weight excluding hydrogens is 230 g/mol. The molecule has 2 aromatic carbocycles. The molecule has 0 radical (unpaired) electrons. The molecule has 94 valence electrons. The number of hydrogen-bond donors (Lipinski definition) is 0. The van der Waals surface area contributed by atoms with Crippen molar-refractivity contribution in [2.75, 3.05) is 0 Å². The van der Waals surface area contributed by atoms with E-state index >= 15 is 0 Å². The Kier molecular flexibility index (Phi) is 2.87. The largest absolute Gasteiger partial charge is 0.197 e. The number of hydrogen-bond acceptors (Lipinski definition) is 1. The molecule has 0 atom stereocenters. The minimum Gasteiger partial charge on any atom is -0.197 e. The van der Waals surface area contributed by atoms with Gasteiger partial charge in [0.15, 0.2) is 0 Å². The zero-order chi connectivity index (χ0) is 13.3. The van der Waals surface area contributed by atoms with Gasteiger partial charge in [-0.2, -0.15) is 5.26 Å². The van der Waals surface area contributed by atoms with Gasteiger partial charge in [0.2, 0.25) is 0 Å². The van der Waals surface area contributed by atoms with Crippen molar-refractivity contribution in [3.8, 4) is 6.07 Å². The van der Waals surface area contributed by atoms with Gasteiger partial charge in [-0.15, -0.1) is 0 Å². The van der Waals surface area contributed by atoms with Crippen molar-refractivity contribution >= 4 is 0 Å². The molecule has 0 aromatic heterocycles. The van der Waals surface area contributed by atoms with Crippen molar-refractivity contribution < 1.29 is 0 Å². The van der Waals surface area contributed by atoms with Crippen LogP contribution in [-0.4, -0.2) is 0 Å². The Balaban J connectivity index is 1.82. The van der Waals surface area contributed by atoms with Crippen LogP contribution in [0.1, 0.15) is 35.4 Å². The molecule has 3 rings (SSSR count). The molecule has 19 heavy (non-hydrogen) atoms. The van der Waals surface area contributed by atoms with Crippen LogP contribution in [0.4, 0.5) is 0 Å². The lowest BCUT2D eigenvalue weighted by molar-refractivity contribution is 0.270. The lowest BCUT2D eigenvalue weighted by Crippen LogP contribution is -2.38. The molecule has 0 N–H and O–H groups in total. The summed E-state index contributed by atoms with van der Waals surface area (Å²) in [7, 11) is 0. The van der Waals surface area contributed by atoms with Crippen LogP contribution in [0, 0.1) is 18.3 Å². The van der Waals surface area contributed by atoms with Crippen LogP contribution in [0.15, 0.2) is 54.6 Å². The van der Waals surface area contributed by atoms with E-state index in [1.807, 2.05) is 6.07 Å². The fourth-order valence-corrected chi connectivity index (χ4v) is 3.01. The minimum atomic E-state index is -0.270. The van der Waals surface area contributed by atoms with Gasteiger partial charge < -0.3 is 0 Å². The standard InChI is InChI=1S/C18H17N/c1-14-7-9-17(10-8-14)18(13-19)11-16(12-18)15-5-3-2-4-6-15/h2-10,16H,11-12H2,1H3. The first-order valence-electron chi connectivity index (χ1n) is 6.77. The van der Waals surface area contributed by atoms with Crippen LogP contribution < -0.4 is 0 Å². The third kappa shape index (κ3) is 2.04. The van der Waals surface area contributed by atoms with Crippen molar-refractivity contribution in [3.63, 3.8) is 0 Å². The van der Waals surface area contributed by atoms with E-state index in [4.69, 9.17) is 0 Å². The van der Waals surface area contributed by atoms with Crippen LogP contribution in [0.2, 0.25) is 0 Å². The Labute approximate surface area is 114 Å². The molecule has 0 spiro atoms. The Morgan fingerprint density at radius 2 is 1.63 bits per heavy atom. The molecule has 1 aliphatic rings. The molecule has 0 aliphatic heterocycles. The predicted octanol–water partition coefficient (Wildman–Crippen LogP) is 4.33. The van der Waals surface area contributed by atoms with E-state index in [0.717, 1.165) is 12.8 Å². The fourth-order valence-electron chi connectivity index (χ4n) is 3.01. The van der Waals surface area contributed by atoms with E-state index in [1.54, 1.807) is 0 Å². The highest BCUT2D eigenvalue weighted by atomic mass is 14.5. The summed E-state index contributed by atoms with van der Waals surface area (Å²) in [4.78, 5) is 0. The zero-order valence-corrected chi connectivity index (χ0v) is 11.1. The van der Waals surface area contributed by atoms with Crippen molar-refractivity contribution in [3.05, 3.63) is 71.3 Å². The maximum absolute atomic E-state index is 9.57. The Morgan fingerprint density at radius 3 is 2.21 bits per heavy atom. The summed E-state index contributed by atoms with van der Waals surface area (Å²) >= 11 is 0. The van der Waals surface area contributed by atoms with Crippen LogP contribution in [0.5, 0.6) is 0 Å². The normalized spacial score (nSPS) is 25.4. The highest BCUT2D eigenvalue weighted by Gasteiger charge is 2.46. The first-order valence-corrected chi connectivity index (χ1v) is 6.77. The van der Waals surface area contributed by atoms with Gasteiger partial charge in [-0.25, -0.2) is 0 Å². The molecule has 1 heteroatoms. The van der Waals surface area contributed by atoms with Crippen LogP contribution >= 0.6 is 0 Å². The third-order valence-corrected chi connectivity index (χ3v) is 4.28. The second kappa shape index (κ2) is 4.55. The van der Waals surface area contributed by atoms with Crippen LogP contribution in [0.3, 0.4) is 0 Å². The number of aryl methyl sites for hydroxylation is 1. The van der Waals surface area contributed by atoms with E-state index in [1.165, 1.54) is 16.7 Å². The summed E-state index contributed by atoms with van der Waals surface area (Å²) in [5.41, 5.74) is 3.51. The second-order valence-corrected chi connectivity index (χ2v) is 5.58. The molecule has 0 amide bonds. The molecular formula is C18H17N. The van der Waals surface area contributed by atoms with Crippen LogP contribution in [-0.2, 0) is 5.41 Å². The SMILES string of the molecule is Cc1ccc(C2(C#N)CC(c3ccccc3)C2)cc1. The van der Waals surface area contributed by atoms with Gasteiger partial charge in [0.1, 0.15) is 0 Å². The van der Waals surface area contributed by atoms with E-state index in [2.05, 4.69) is 61.5 Å². The van der Waals surface area contributed by atoms with E-state index < -0.39 is 0 Å². The summed E-state index contributed by atoms with van der Waals surface area (Å²) in [5.74, 6) is 0.530. The van der Waals surface area contributed by atoms with Gasteiger partial charge in [-0.05, 0) is 36.8 Å². The highest BCUT2D eigenvalue weighted by molar-refractivity contribution is 5.41. The van der Waals surface area contributed by atoms with E-state index in [0.29, 0.717) is 5.92 Å². The Morgan fingerprint density at radius 1 is 1.00 bits per heavy atom. The lowest BCUT2D eigenvalue weighted by Gasteiger charge is -2.43. The van der Waals surface area contributed by atoms with Crippen molar-refractivity contribution in [1.29, 1.82) is 5.26 Å².